The molecule has 1 amide bonds. The number of amides is 1. The number of rotatable bonds is 5. The largest absolute Gasteiger partial charge is 0.352 e. The topological polar surface area (TPSA) is 63.1 Å². The van der Waals surface area contributed by atoms with Crippen LogP contribution in [0.1, 0.15) is 24.1 Å². The number of benzene rings is 2. The number of aromatic nitrogens is 3. The van der Waals surface area contributed by atoms with Gasteiger partial charge in [0.05, 0.1) is 22.0 Å². The van der Waals surface area contributed by atoms with Crippen LogP contribution in [0.2, 0.25) is 0 Å². The number of halogens is 1. The lowest BCUT2D eigenvalue weighted by Crippen LogP contribution is -2.42. The normalized spacial score (nSPS) is 16.4. The molecule has 1 unspecified atom stereocenters. The molecule has 1 N–H and O–H groups in total. The van der Waals surface area contributed by atoms with E-state index in [9.17, 15) is 9.18 Å². The lowest BCUT2D eigenvalue weighted by atomic mass is 9.97. The molecule has 0 spiro atoms. The van der Waals surface area contributed by atoms with Crippen molar-refractivity contribution in [3.8, 4) is 5.69 Å². The number of aryl methyl sites for hydroxylation is 1. The molecule has 6 nitrogen and oxygen atoms in total. The number of carbonyl (C=O) groups is 1. The van der Waals surface area contributed by atoms with Crippen molar-refractivity contribution in [1.82, 2.24) is 20.1 Å². The van der Waals surface area contributed by atoms with Gasteiger partial charge in [-0.1, -0.05) is 41.7 Å². The molecule has 2 aromatic heterocycles. The standard InChI is InChI=1S/C24H24FN5OS/c1-16-21-22(30(28-16)20-11-9-19(25)10-12-20)27-24(32-21)29-13-5-8-18(15-29)23(31)26-14-17-6-3-2-4-7-17/h2-4,6-7,9-12,18H,5,8,13-15H2,1H3,(H,26,31). The molecule has 0 aliphatic carbocycles. The molecule has 1 saturated heterocycles. The molecular weight excluding hydrogens is 425 g/mol. The minimum atomic E-state index is -0.280. The smallest absolute Gasteiger partial charge is 0.225 e. The van der Waals surface area contributed by atoms with Crippen molar-refractivity contribution < 1.29 is 9.18 Å². The number of hydrogen-bond donors (Lipinski definition) is 1. The van der Waals surface area contributed by atoms with Gasteiger partial charge in [0.25, 0.3) is 0 Å². The zero-order valence-corrected chi connectivity index (χ0v) is 18.6. The number of anilines is 1. The van der Waals surface area contributed by atoms with Gasteiger partial charge in [0, 0.05) is 19.6 Å². The monoisotopic (exact) mass is 449 g/mol. The minimum absolute atomic E-state index is 0.0610. The molecule has 0 saturated carbocycles. The number of nitrogens with zero attached hydrogens (tertiary/aromatic N) is 4. The summed E-state index contributed by atoms with van der Waals surface area (Å²) in [5.74, 6) is -0.250. The van der Waals surface area contributed by atoms with E-state index in [0.717, 1.165) is 51.8 Å². The fraction of sp³-hybridized carbons (Fsp3) is 0.292. The fourth-order valence-electron chi connectivity index (χ4n) is 4.11. The summed E-state index contributed by atoms with van der Waals surface area (Å²) < 4.78 is 16.1. The third-order valence-corrected chi connectivity index (χ3v) is 7.03. The first-order valence-corrected chi connectivity index (χ1v) is 11.6. The highest BCUT2D eigenvalue weighted by atomic mass is 32.1. The highest BCUT2D eigenvalue weighted by molar-refractivity contribution is 7.22. The van der Waals surface area contributed by atoms with Crippen molar-refractivity contribution in [3.63, 3.8) is 0 Å². The van der Waals surface area contributed by atoms with Gasteiger partial charge in [0.1, 0.15) is 5.82 Å². The summed E-state index contributed by atoms with van der Waals surface area (Å²) in [5, 5.41) is 8.57. The molecule has 1 fully saturated rings. The Hall–Kier alpha value is -3.26. The summed E-state index contributed by atoms with van der Waals surface area (Å²) >= 11 is 1.60. The lowest BCUT2D eigenvalue weighted by Gasteiger charge is -2.31. The van der Waals surface area contributed by atoms with Gasteiger partial charge in [-0.2, -0.15) is 10.1 Å². The first kappa shape index (κ1) is 20.6. The Kier molecular flexibility index (Phi) is 5.61. The van der Waals surface area contributed by atoms with Crippen molar-refractivity contribution in [3.05, 3.63) is 71.7 Å². The van der Waals surface area contributed by atoms with E-state index in [1.165, 1.54) is 12.1 Å². The van der Waals surface area contributed by atoms with Crippen LogP contribution in [0.15, 0.2) is 54.6 Å². The van der Waals surface area contributed by atoms with Crippen molar-refractivity contribution in [2.45, 2.75) is 26.3 Å². The summed E-state index contributed by atoms with van der Waals surface area (Å²) in [4.78, 5) is 19.9. The maximum Gasteiger partial charge on any atom is 0.225 e. The van der Waals surface area contributed by atoms with Crippen LogP contribution in [0, 0.1) is 18.7 Å². The first-order valence-electron chi connectivity index (χ1n) is 10.8. The van der Waals surface area contributed by atoms with Crippen molar-refractivity contribution in [2.24, 2.45) is 5.92 Å². The van der Waals surface area contributed by atoms with Gasteiger partial charge in [-0.3, -0.25) is 4.79 Å². The van der Waals surface area contributed by atoms with E-state index < -0.39 is 0 Å². The third-order valence-electron chi connectivity index (χ3n) is 5.82. The summed E-state index contributed by atoms with van der Waals surface area (Å²) in [6.07, 6.45) is 1.83. The molecule has 1 aliphatic rings. The second-order valence-corrected chi connectivity index (χ2v) is 9.09. The molecule has 1 atom stereocenters. The first-order chi connectivity index (χ1) is 15.6. The van der Waals surface area contributed by atoms with E-state index in [-0.39, 0.29) is 17.6 Å². The van der Waals surface area contributed by atoms with E-state index in [2.05, 4.69) is 15.3 Å². The molecule has 0 radical (unpaired) electrons. The van der Waals surface area contributed by atoms with E-state index in [4.69, 9.17) is 4.98 Å². The van der Waals surface area contributed by atoms with Crippen molar-refractivity contribution in [2.75, 3.05) is 18.0 Å². The molecule has 2 aromatic carbocycles. The Bertz CT molecular complexity index is 1230. The van der Waals surface area contributed by atoms with Gasteiger partial charge < -0.3 is 10.2 Å². The Morgan fingerprint density at radius 3 is 2.75 bits per heavy atom. The van der Waals surface area contributed by atoms with Crippen molar-refractivity contribution >= 4 is 32.7 Å². The minimum Gasteiger partial charge on any atom is -0.352 e. The maximum absolute atomic E-state index is 13.3. The number of piperidine rings is 1. The average Bonchev–Trinajstić information content (AvgIpc) is 3.39. The Balaban J connectivity index is 1.33. The Morgan fingerprint density at radius 2 is 1.97 bits per heavy atom. The Labute approximate surface area is 189 Å². The molecular formula is C24H24FN5OS. The summed E-state index contributed by atoms with van der Waals surface area (Å²) in [6, 6.07) is 16.2. The van der Waals surface area contributed by atoms with Crippen molar-refractivity contribution in [1.29, 1.82) is 0 Å². The SMILES string of the molecule is Cc1nn(-c2ccc(F)cc2)c2nc(N3CCCC(C(=O)NCc4ccccc4)C3)sc12. The van der Waals surface area contributed by atoms with Gasteiger partial charge in [0.15, 0.2) is 10.8 Å². The summed E-state index contributed by atoms with van der Waals surface area (Å²) in [7, 11) is 0. The number of carbonyl (C=O) groups excluding carboxylic acids is 1. The van der Waals surface area contributed by atoms with Gasteiger partial charge in [-0.15, -0.1) is 0 Å². The molecule has 3 heterocycles. The maximum atomic E-state index is 13.3. The fourth-order valence-corrected chi connectivity index (χ4v) is 5.14. The van der Waals surface area contributed by atoms with Crippen LogP contribution in [-0.4, -0.2) is 33.8 Å². The second kappa shape index (κ2) is 8.70. The predicted octanol–water partition coefficient (Wildman–Crippen LogP) is 4.46. The number of thiazole rings is 1. The van der Waals surface area contributed by atoms with Crippen LogP contribution in [-0.2, 0) is 11.3 Å². The van der Waals surface area contributed by atoms with Gasteiger partial charge in [-0.05, 0) is 49.6 Å². The molecule has 32 heavy (non-hydrogen) atoms. The van der Waals surface area contributed by atoms with Gasteiger partial charge >= 0.3 is 0 Å². The van der Waals surface area contributed by atoms with Crippen LogP contribution < -0.4 is 10.2 Å². The number of nitrogens with one attached hydrogen (secondary N) is 1. The van der Waals surface area contributed by atoms with Crippen LogP contribution >= 0.6 is 11.3 Å². The van der Waals surface area contributed by atoms with E-state index in [1.807, 2.05) is 37.3 Å². The zero-order valence-electron chi connectivity index (χ0n) is 17.8. The number of fused-ring (bicyclic) bond motifs is 1. The van der Waals surface area contributed by atoms with E-state index in [1.54, 1.807) is 28.2 Å². The molecule has 5 rings (SSSR count). The van der Waals surface area contributed by atoms with Crippen LogP contribution in [0.5, 0.6) is 0 Å². The van der Waals surface area contributed by atoms with Gasteiger partial charge in [0.2, 0.25) is 5.91 Å². The van der Waals surface area contributed by atoms with Crippen LogP contribution in [0.3, 0.4) is 0 Å². The number of hydrogen-bond acceptors (Lipinski definition) is 5. The Morgan fingerprint density at radius 1 is 1.19 bits per heavy atom. The van der Waals surface area contributed by atoms with Crippen LogP contribution in [0.4, 0.5) is 9.52 Å². The molecule has 164 valence electrons. The summed E-state index contributed by atoms with van der Waals surface area (Å²) in [5.41, 5.74) is 3.53. The molecule has 1 aliphatic heterocycles. The van der Waals surface area contributed by atoms with E-state index >= 15 is 0 Å². The third kappa shape index (κ3) is 4.10. The lowest BCUT2D eigenvalue weighted by molar-refractivity contribution is -0.125. The highest BCUT2D eigenvalue weighted by Crippen LogP contribution is 2.34. The average molecular weight is 450 g/mol. The predicted molar refractivity (Wildman–Crippen MR) is 125 cm³/mol. The quantitative estimate of drug-likeness (QED) is 0.489. The molecule has 4 aromatic rings. The molecule has 0 bridgehead atoms. The van der Waals surface area contributed by atoms with E-state index in [0.29, 0.717) is 13.1 Å². The highest BCUT2D eigenvalue weighted by Gasteiger charge is 2.28. The van der Waals surface area contributed by atoms with Crippen LogP contribution in [0.25, 0.3) is 16.0 Å². The zero-order chi connectivity index (χ0) is 22.1. The van der Waals surface area contributed by atoms with Gasteiger partial charge in [-0.25, -0.2) is 9.07 Å². The summed E-state index contributed by atoms with van der Waals surface area (Å²) in [6.45, 7) is 4.03. The second-order valence-electron chi connectivity index (χ2n) is 8.11. The molecule has 8 heteroatoms.